The number of fused-ring (bicyclic) bond motifs is 1. The average molecular weight is 221 g/mol. The van der Waals surface area contributed by atoms with E-state index in [4.69, 9.17) is 0 Å². The quantitative estimate of drug-likeness (QED) is 0.635. The van der Waals surface area contributed by atoms with Gasteiger partial charge in [-0.25, -0.2) is 0 Å². The van der Waals surface area contributed by atoms with Crippen molar-refractivity contribution in [2.24, 2.45) is 7.05 Å². The molecule has 0 aromatic carbocycles. The van der Waals surface area contributed by atoms with Crippen LogP contribution in [0.2, 0.25) is 0 Å². The highest BCUT2D eigenvalue weighted by Gasteiger charge is 2.13. The number of rotatable bonds is 0. The molecule has 1 heteroatoms. The maximum atomic E-state index is 4.08. The molecule has 92 valence electrons. The van der Waals surface area contributed by atoms with Crippen LogP contribution in [0.3, 0.4) is 0 Å². The summed E-state index contributed by atoms with van der Waals surface area (Å²) >= 11 is 0. The molecule has 1 aromatic rings. The van der Waals surface area contributed by atoms with Crippen LogP contribution in [0, 0.1) is 0 Å². The third kappa shape index (κ3) is 2.78. The molecule has 2 rings (SSSR count). The lowest BCUT2D eigenvalue weighted by Crippen LogP contribution is -2.22. The van der Waals surface area contributed by atoms with Crippen molar-refractivity contribution in [2.45, 2.75) is 53.4 Å². The fraction of sp³-hybridized carbons (Fsp3) is 0.600. The summed E-state index contributed by atoms with van der Waals surface area (Å²) in [5.74, 6) is 0. The Balaban J connectivity index is 0.000000509. The van der Waals surface area contributed by atoms with Gasteiger partial charge in [0.15, 0.2) is 0 Å². The van der Waals surface area contributed by atoms with E-state index in [9.17, 15) is 0 Å². The summed E-state index contributed by atoms with van der Waals surface area (Å²) in [7, 11) is 2.06. The van der Waals surface area contributed by atoms with Crippen molar-refractivity contribution in [3.05, 3.63) is 21.8 Å². The van der Waals surface area contributed by atoms with Gasteiger partial charge in [-0.05, 0) is 36.8 Å². The van der Waals surface area contributed by atoms with Gasteiger partial charge in [-0.3, -0.25) is 0 Å². The number of aromatic nitrogens is 1. The monoisotopic (exact) mass is 221 g/mol. The van der Waals surface area contributed by atoms with Crippen LogP contribution >= 0.6 is 0 Å². The summed E-state index contributed by atoms with van der Waals surface area (Å²) in [6.07, 6.45) is 5.05. The molecule has 0 aliphatic heterocycles. The van der Waals surface area contributed by atoms with E-state index < -0.39 is 0 Å². The Morgan fingerprint density at radius 1 is 0.812 bits per heavy atom. The molecule has 0 amide bonds. The van der Waals surface area contributed by atoms with Crippen molar-refractivity contribution >= 4 is 13.2 Å². The molecule has 0 bridgehead atoms. The predicted molar refractivity (Wildman–Crippen MR) is 75.0 cm³/mol. The molecule has 16 heavy (non-hydrogen) atoms. The minimum atomic E-state index is 1.18. The molecule has 1 aliphatic rings. The Bertz CT molecular complexity index is 361. The Morgan fingerprint density at radius 3 is 1.44 bits per heavy atom. The molecule has 1 aliphatic carbocycles. The second kappa shape index (κ2) is 7.32. The van der Waals surface area contributed by atoms with Crippen molar-refractivity contribution < 1.29 is 0 Å². The van der Waals surface area contributed by atoms with Crippen LogP contribution in [0.1, 0.15) is 51.7 Å². The second-order valence-electron chi connectivity index (χ2n) is 3.62. The van der Waals surface area contributed by atoms with E-state index in [1.165, 1.54) is 47.5 Å². The van der Waals surface area contributed by atoms with Gasteiger partial charge in [-0.15, -0.1) is 0 Å². The van der Waals surface area contributed by atoms with Crippen LogP contribution in [0.4, 0.5) is 0 Å². The van der Waals surface area contributed by atoms with Crippen molar-refractivity contribution in [1.29, 1.82) is 0 Å². The van der Waals surface area contributed by atoms with Gasteiger partial charge >= 0.3 is 0 Å². The predicted octanol–water partition coefficient (Wildman–Crippen LogP) is 2.78. The van der Waals surface area contributed by atoms with E-state index >= 15 is 0 Å². The summed E-state index contributed by atoms with van der Waals surface area (Å²) in [6.45, 7) is 16.2. The smallest absolute Gasteiger partial charge is 0.0371 e. The highest BCUT2D eigenvalue weighted by molar-refractivity contribution is 5.32. The number of hydrogen-bond acceptors (Lipinski definition) is 0. The highest BCUT2D eigenvalue weighted by atomic mass is 14.9. The van der Waals surface area contributed by atoms with E-state index in [-0.39, 0.29) is 0 Å². The first-order chi connectivity index (χ1) is 7.72. The molecule has 0 saturated carbocycles. The van der Waals surface area contributed by atoms with Gasteiger partial charge in [0.2, 0.25) is 0 Å². The minimum absolute atomic E-state index is 1.18. The fourth-order valence-electron chi connectivity index (χ4n) is 2.11. The minimum Gasteiger partial charge on any atom is -0.345 e. The Morgan fingerprint density at radius 2 is 1.12 bits per heavy atom. The van der Waals surface area contributed by atoms with Gasteiger partial charge in [-0.2, -0.15) is 0 Å². The first kappa shape index (κ1) is 15.0. The lowest BCUT2D eigenvalue weighted by Gasteiger charge is -2.09. The average Bonchev–Trinajstić information content (AvgIpc) is 2.60. The summed E-state index contributed by atoms with van der Waals surface area (Å²) in [5.41, 5.74) is 2.93. The Hall–Kier alpha value is -0.980. The maximum absolute atomic E-state index is 4.08. The molecule has 1 nitrogen and oxygen atoms in total. The molecule has 0 spiro atoms. The summed E-state index contributed by atoms with van der Waals surface area (Å²) < 4.78 is 2.12. The van der Waals surface area contributed by atoms with Crippen molar-refractivity contribution in [2.75, 3.05) is 0 Å². The lowest BCUT2D eigenvalue weighted by molar-refractivity contribution is 0.686. The van der Waals surface area contributed by atoms with Crippen LogP contribution in [0.25, 0.3) is 13.2 Å². The van der Waals surface area contributed by atoms with Gasteiger partial charge in [0, 0.05) is 17.7 Å². The first-order valence-electron chi connectivity index (χ1n) is 6.56. The van der Waals surface area contributed by atoms with E-state index in [0.29, 0.717) is 0 Å². The maximum Gasteiger partial charge on any atom is 0.0371 e. The summed E-state index contributed by atoms with van der Waals surface area (Å²) in [6, 6.07) is 0. The van der Waals surface area contributed by atoms with Crippen LogP contribution in [0.5, 0.6) is 0 Å². The van der Waals surface area contributed by atoms with Gasteiger partial charge < -0.3 is 4.57 Å². The third-order valence-corrected chi connectivity index (χ3v) is 2.97. The van der Waals surface area contributed by atoms with Gasteiger partial charge in [0.05, 0.1) is 0 Å². The molecule has 0 fully saturated rings. The van der Waals surface area contributed by atoms with Crippen molar-refractivity contribution in [3.63, 3.8) is 0 Å². The molecular formula is C15H27N. The molecule has 0 radical (unpaired) electrons. The largest absolute Gasteiger partial charge is 0.345 e. The SMILES string of the molecule is C=c1c2c(c(=C)n1C)CCCC2.CC.CC. The van der Waals surface area contributed by atoms with Crippen molar-refractivity contribution in [3.8, 4) is 0 Å². The summed E-state index contributed by atoms with van der Waals surface area (Å²) in [5, 5.41) is 2.35. The zero-order valence-electron chi connectivity index (χ0n) is 11.7. The van der Waals surface area contributed by atoms with E-state index in [0.717, 1.165) is 0 Å². The fourth-order valence-corrected chi connectivity index (χ4v) is 2.11. The normalized spacial score (nSPS) is 12.8. The molecule has 1 heterocycles. The summed E-state index contributed by atoms with van der Waals surface area (Å²) in [4.78, 5) is 0. The topological polar surface area (TPSA) is 4.93 Å². The third-order valence-electron chi connectivity index (χ3n) is 2.97. The van der Waals surface area contributed by atoms with E-state index in [1.807, 2.05) is 27.7 Å². The van der Waals surface area contributed by atoms with Crippen LogP contribution in [-0.4, -0.2) is 4.57 Å². The molecule has 0 saturated heterocycles. The van der Waals surface area contributed by atoms with Gasteiger partial charge in [-0.1, -0.05) is 40.9 Å². The van der Waals surface area contributed by atoms with Crippen LogP contribution in [-0.2, 0) is 19.9 Å². The van der Waals surface area contributed by atoms with Gasteiger partial charge in [0.1, 0.15) is 0 Å². The Labute approximate surface area is 100 Å². The van der Waals surface area contributed by atoms with E-state index in [2.05, 4.69) is 24.8 Å². The second-order valence-corrected chi connectivity index (χ2v) is 3.62. The van der Waals surface area contributed by atoms with Gasteiger partial charge in [0.25, 0.3) is 0 Å². The molecule has 0 atom stereocenters. The zero-order valence-corrected chi connectivity index (χ0v) is 11.7. The molecule has 0 unspecified atom stereocenters. The van der Waals surface area contributed by atoms with Crippen LogP contribution < -0.4 is 10.7 Å². The Kier molecular flexibility index (Phi) is 6.87. The van der Waals surface area contributed by atoms with Crippen LogP contribution in [0.15, 0.2) is 0 Å². The first-order valence-corrected chi connectivity index (χ1v) is 6.56. The highest BCUT2D eigenvalue weighted by Crippen LogP contribution is 2.14. The zero-order chi connectivity index (χ0) is 12.7. The van der Waals surface area contributed by atoms with E-state index in [1.54, 1.807) is 0 Å². The molecule has 1 aromatic heterocycles. The standard InChI is InChI=1S/C11H15N.2C2H6/c1-8-10-6-4-5-7-11(10)9(2)12(8)3;2*1-2/h1-2,4-7H2,3H3;2*1-2H3. The van der Waals surface area contributed by atoms with Crippen molar-refractivity contribution in [1.82, 2.24) is 4.57 Å². The number of nitrogens with zero attached hydrogens (tertiary/aromatic N) is 1. The molecular weight excluding hydrogens is 194 g/mol. The molecule has 0 N–H and O–H groups in total. The lowest BCUT2D eigenvalue weighted by atomic mass is 9.95. The number of hydrogen-bond donors (Lipinski definition) is 0.